The number of allylic oxidation sites excluding steroid dienone is 1. The van der Waals surface area contributed by atoms with E-state index in [1.807, 2.05) is 30.3 Å². The second-order valence-corrected chi connectivity index (χ2v) is 6.86. The SMILES string of the molecule is C=C(NNS(=O)(=O)C(=C)/C=C\c1ccccc1)c1cc(O)ccc1O. The fourth-order valence-electron chi connectivity index (χ4n) is 1.87. The van der Waals surface area contributed by atoms with Gasteiger partial charge in [-0.05, 0) is 29.8 Å². The highest BCUT2D eigenvalue weighted by atomic mass is 32.2. The minimum Gasteiger partial charge on any atom is -0.508 e. The minimum absolute atomic E-state index is 0.0665. The van der Waals surface area contributed by atoms with Gasteiger partial charge in [-0.25, -0.2) is 8.42 Å². The molecule has 4 N–H and O–H groups in total. The van der Waals surface area contributed by atoms with E-state index >= 15 is 0 Å². The van der Waals surface area contributed by atoms with E-state index in [9.17, 15) is 18.6 Å². The van der Waals surface area contributed by atoms with Crippen molar-refractivity contribution in [3.05, 3.63) is 83.8 Å². The van der Waals surface area contributed by atoms with Crippen molar-refractivity contribution in [3.63, 3.8) is 0 Å². The summed E-state index contributed by atoms with van der Waals surface area (Å²) in [4.78, 5) is 1.96. The van der Waals surface area contributed by atoms with Crippen molar-refractivity contribution in [2.45, 2.75) is 0 Å². The summed E-state index contributed by atoms with van der Waals surface area (Å²) in [6.45, 7) is 7.15. The van der Waals surface area contributed by atoms with Crippen molar-refractivity contribution in [2.24, 2.45) is 0 Å². The predicted octanol–water partition coefficient (Wildman–Crippen LogP) is 2.72. The number of hydrogen-bond acceptors (Lipinski definition) is 5. The molecular weight excluding hydrogens is 340 g/mol. The van der Waals surface area contributed by atoms with Gasteiger partial charge in [0.2, 0.25) is 0 Å². The van der Waals surface area contributed by atoms with Crippen LogP contribution in [0, 0.1) is 0 Å². The molecule has 0 fully saturated rings. The van der Waals surface area contributed by atoms with Crippen LogP contribution in [0.4, 0.5) is 0 Å². The van der Waals surface area contributed by atoms with Crippen molar-refractivity contribution < 1.29 is 18.6 Å². The van der Waals surface area contributed by atoms with Gasteiger partial charge in [0.1, 0.15) is 11.5 Å². The number of phenolic OH excluding ortho intramolecular Hbond substituents is 2. The largest absolute Gasteiger partial charge is 0.508 e. The Balaban J connectivity index is 2.03. The Kier molecular flexibility index (Phi) is 5.63. The zero-order valence-electron chi connectivity index (χ0n) is 13.3. The molecule has 2 rings (SSSR count). The maximum atomic E-state index is 12.2. The summed E-state index contributed by atoms with van der Waals surface area (Å²) in [5.74, 6) is -0.244. The summed E-state index contributed by atoms with van der Waals surface area (Å²) in [7, 11) is -3.90. The van der Waals surface area contributed by atoms with Crippen molar-refractivity contribution in [3.8, 4) is 11.5 Å². The summed E-state index contributed by atoms with van der Waals surface area (Å²) in [5, 5.41) is 19.2. The van der Waals surface area contributed by atoms with Crippen LogP contribution in [0.1, 0.15) is 11.1 Å². The zero-order chi connectivity index (χ0) is 18.4. The van der Waals surface area contributed by atoms with Gasteiger partial charge in [-0.3, -0.25) is 0 Å². The van der Waals surface area contributed by atoms with Gasteiger partial charge in [-0.1, -0.05) is 49.6 Å². The topological polar surface area (TPSA) is 98.7 Å². The molecule has 2 aromatic carbocycles. The number of phenols is 2. The third kappa shape index (κ3) is 4.97. The fourth-order valence-corrected chi connectivity index (χ4v) is 2.51. The average molecular weight is 358 g/mol. The van der Waals surface area contributed by atoms with Gasteiger partial charge in [0, 0.05) is 5.56 Å². The molecule has 6 nitrogen and oxygen atoms in total. The van der Waals surface area contributed by atoms with Crippen LogP contribution in [0.3, 0.4) is 0 Å². The lowest BCUT2D eigenvalue weighted by Gasteiger charge is -2.13. The highest BCUT2D eigenvalue weighted by Gasteiger charge is 2.14. The molecular formula is C18H18N2O4S. The van der Waals surface area contributed by atoms with E-state index in [-0.39, 0.29) is 27.7 Å². The molecule has 25 heavy (non-hydrogen) atoms. The Hall–Kier alpha value is -3.03. The molecule has 7 heteroatoms. The van der Waals surface area contributed by atoms with Gasteiger partial charge in [-0.15, -0.1) is 4.83 Å². The summed E-state index contributed by atoms with van der Waals surface area (Å²) >= 11 is 0. The molecule has 0 amide bonds. The number of aromatic hydroxyl groups is 2. The molecule has 0 saturated heterocycles. The van der Waals surface area contributed by atoms with Crippen LogP contribution in [0.2, 0.25) is 0 Å². The quantitative estimate of drug-likeness (QED) is 0.347. The van der Waals surface area contributed by atoms with Crippen LogP contribution in [0.5, 0.6) is 11.5 Å². The number of sulfonamides is 1. The molecule has 0 saturated carbocycles. The van der Waals surface area contributed by atoms with Gasteiger partial charge < -0.3 is 15.6 Å². The van der Waals surface area contributed by atoms with Crippen LogP contribution < -0.4 is 10.3 Å². The van der Waals surface area contributed by atoms with Crippen molar-refractivity contribution in [2.75, 3.05) is 0 Å². The third-order valence-corrected chi connectivity index (χ3v) is 4.45. The lowest BCUT2D eigenvalue weighted by atomic mass is 10.1. The second kappa shape index (κ2) is 7.69. The Morgan fingerprint density at radius 2 is 1.72 bits per heavy atom. The van der Waals surface area contributed by atoms with Crippen molar-refractivity contribution in [1.29, 1.82) is 0 Å². The minimum atomic E-state index is -3.90. The molecule has 0 bridgehead atoms. The second-order valence-electron chi connectivity index (χ2n) is 5.12. The fraction of sp³-hybridized carbons (Fsp3) is 0. The number of rotatable bonds is 7. The summed E-state index contributed by atoms with van der Waals surface area (Å²) in [6.07, 6.45) is 2.99. The Bertz CT molecular complexity index is 919. The maximum absolute atomic E-state index is 12.2. The van der Waals surface area contributed by atoms with E-state index < -0.39 is 10.0 Å². The molecule has 0 aromatic heterocycles. The zero-order valence-corrected chi connectivity index (χ0v) is 14.1. The first kappa shape index (κ1) is 18.3. The molecule has 0 spiro atoms. The van der Waals surface area contributed by atoms with Gasteiger partial charge in [0.25, 0.3) is 10.0 Å². The van der Waals surface area contributed by atoms with Crippen LogP contribution in [0.25, 0.3) is 11.8 Å². The van der Waals surface area contributed by atoms with Crippen LogP contribution in [0.15, 0.2) is 72.7 Å². The van der Waals surface area contributed by atoms with E-state index in [4.69, 9.17) is 0 Å². The molecule has 0 unspecified atom stereocenters. The monoisotopic (exact) mass is 358 g/mol. The summed E-state index contributed by atoms with van der Waals surface area (Å²) in [6, 6.07) is 13.0. The Labute approximate surface area is 146 Å². The van der Waals surface area contributed by atoms with E-state index in [1.54, 1.807) is 6.08 Å². The van der Waals surface area contributed by atoms with E-state index in [0.29, 0.717) is 0 Å². The number of hydrazine groups is 1. The molecule has 0 aliphatic heterocycles. The van der Waals surface area contributed by atoms with Crippen molar-refractivity contribution in [1.82, 2.24) is 10.3 Å². The molecule has 0 heterocycles. The number of hydrogen-bond donors (Lipinski definition) is 4. The molecule has 0 atom stereocenters. The molecule has 2 aromatic rings. The standard InChI is InChI=1S/C18H18N2O4S/c1-13(8-9-15-6-4-3-5-7-15)25(23,24)20-19-14(2)17-12-16(21)10-11-18(17)22/h3-12,19-22H,1-2H2/b9-8-. The lowest BCUT2D eigenvalue weighted by molar-refractivity contribution is 0.458. The highest BCUT2D eigenvalue weighted by molar-refractivity contribution is 7.93. The normalized spacial score (nSPS) is 11.4. The van der Waals surface area contributed by atoms with Gasteiger partial charge in [0.05, 0.1) is 10.6 Å². The predicted molar refractivity (Wildman–Crippen MR) is 98.6 cm³/mol. The van der Waals surface area contributed by atoms with Gasteiger partial charge in [-0.2, -0.15) is 0 Å². The van der Waals surface area contributed by atoms with E-state index in [2.05, 4.69) is 23.4 Å². The molecule has 130 valence electrons. The Morgan fingerprint density at radius 3 is 2.40 bits per heavy atom. The molecule has 0 aliphatic rings. The maximum Gasteiger partial charge on any atom is 0.256 e. The summed E-state index contributed by atoms with van der Waals surface area (Å²) < 4.78 is 24.3. The smallest absolute Gasteiger partial charge is 0.256 e. The Morgan fingerprint density at radius 1 is 1.04 bits per heavy atom. The molecule has 0 radical (unpaired) electrons. The van der Waals surface area contributed by atoms with Crippen LogP contribution in [-0.4, -0.2) is 18.6 Å². The number of nitrogens with one attached hydrogen (secondary N) is 2. The lowest BCUT2D eigenvalue weighted by Crippen LogP contribution is -2.36. The van der Waals surface area contributed by atoms with E-state index in [1.165, 1.54) is 24.3 Å². The van der Waals surface area contributed by atoms with Crippen LogP contribution in [-0.2, 0) is 10.0 Å². The number of benzene rings is 2. The van der Waals surface area contributed by atoms with E-state index in [0.717, 1.165) is 5.56 Å². The highest BCUT2D eigenvalue weighted by Crippen LogP contribution is 2.26. The van der Waals surface area contributed by atoms with Gasteiger partial charge >= 0.3 is 0 Å². The first-order valence-corrected chi connectivity index (χ1v) is 8.69. The first-order valence-electron chi connectivity index (χ1n) is 7.21. The summed E-state index contributed by atoms with van der Waals surface area (Å²) in [5.41, 5.74) is 3.45. The third-order valence-electron chi connectivity index (χ3n) is 3.25. The molecule has 0 aliphatic carbocycles. The average Bonchev–Trinajstić information content (AvgIpc) is 2.60. The van der Waals surface area contributed by atoms with Crippen LogP contribution >= 0.6 is 0 Å². The van der Waals surface area contributed by atoms with Crippen molar-refractivity contribution >= 4 is 21.8 Å². The first-order chi connectivity index (χ1) is 11.8. The van der Waals surface area contributed by atoms with Gasteiger partial charge in [0.15, 0.2) is 0 Å².